The summed E-state index contributed by atoms with van der Waals surface area (Å²) in [6.45, 7) is 3.81. The number of carbonyl (C=O) groups is 1. The van der Waals surface area contributed by atoms with Gasteiger partial charge in [0.2, 0.25) is 0 Å². The molecule has 0 aliphatic heterocycles. The van der Waals surface area contributed by atoms with Gasteiger partial charge < -0.3 is 14.9 Å². The number of phenolic OH excluding ortho intramolecular Hbond substituents is 2. The van der Waals surface area contributed by atoms with Crippen LogP contribution in [0, 0.1) is 17.3 Å². The summed E-state index contributed by atoms with van der Waals surface area (Å²) >= 11 is 0. The Hall–Kier alpha value is -1.71. The van der Waals surface area contributed by atoms with Crippen LogP contribution in [0.1, 0.15) is 63.0 Å². The zero-order chi connectivity index (χ0) is 17.1. The van der Waals surface area contributed by atoms with Crippen LogP contribution in [0.4, 0.5) is 0 Å². The van der Waals surface area contributed by atoms with Gasteiger partial charge in [0.15, 0.2) is 11.5 Å². The van der Waals surface area contributed by atoms with Gasteiger partial charge in [0, 0.05) is 17.9 Å². The van der Waals surface area contributed by atoms with E-state index in [0.717, 1.165) is 44.1 Å². The molecular formula is C20H26O4. The highest BCUT2D eigenvalue weighted by atomic mass is 16.5. The predicted octanol–water partition coefficient (Wildman–Crippen LogP) is 3.89. The summed E-state index contributed by atoms with van der Waals surface area (Å²) in [6, 6.07) is 3.63. The summed E-state index contributed by atoms with van der Waals surface area (Å²) in [5, 5.41) is 20.0. The first-order valence-corrected chi connectivity index (χ1v) is 9.12. The smallest absolute Gasteiger partial charge is 0.302 e. The highest BCUT2D eigenvalue weighted by molar-refractivity contribution is 5.66. The fourth-order valence-electron chi connectivity index (χ4n) is 5.98. The molecule has 130 valence electrons. The zero-order valence-electron chi connectivity index (χ0n) is 14.4. The van der Waals surface area contributed by atoms with E-state index in [-0.39, 0.29) is 29.0 Å². The molecule has 0 bridgehead atoms. The Balaban J connectivity index is 1.65. The summed E-state index contributed by atoms with van der Waals surface area (Å²) in [4.78, 5) is 11.5. The van der Waals surface area contributed by atoms with E-state index in [9.17, 15) is 15.0 Å². The Morgan fingerprint density at radius 3 is 2.75 bits per heavy atom. The third-order valence-corrected chi connectivity index (χ3v) is 7.08. The molecule has 2 fully saturated rings. The number of esters is 1. The fraction of sp³-hybridized carbons (Fsp3) is 0.650. The van der Waals surface area contributed by atoms with Crippen molar-refractivity contribution in [2.75, 3.05) is 0 Å². The lowest BCUT2D eigenvalue weighted by Crippen LogP contribution is -2.45. The summed E-state index contributed by atoms with van der Waals surface area (Å²) in [6.07, 6.45) is 6.12. The van der Waals surface area contributed by atoms with Crippen LogP contribution >= 0.6 is 0 Å². The van der Waals surface area contributed by atoms with Crippen molar-refractivity contribution in [2.45, 2.75) is 64.4 Å². The van der Waals surface area contributed by atoms with Crippen LogP contribution in [0.25, 0.3) is 0 Å². The maximum Gasteiger partial charge on any atom is 0.302 e. The topological polar surface area (TPSA) is 66.8 Å². The standard InChI is InChI=1S/C20H26O4/c1-11(21)24-18-8-6-16-14-3-4-15-12(5-7-17(22)19(15)23)13(14)9-10-20(16,18)2/h5,7,13-14,16,18,22-23H,3-4,6,8-10H2,1-2H3/t13-,14-,16+,18+,20+/m1/s1. The molecule has 1 aromatic rings. The van der Waals surface area contributed by atoms with E-state index < -0.39 is 0 Å². The molecule has 0 saturated heterocycles. The maximum atomic E-state index is 11.5. The molecule has 0 radical (unpaired) electrons. The van der Waals surface area contributed by atoms with Crippen LogP contribution in [0.5, 0.6) is 11.5 Å². The molecule has 4 rings (SSSR count). The molecule has 2 N–H and O–H groups in total. The lowest BCUT2D eigenvalue weighted by molar-refractivity contribution is -0.154. The Kier molecular flexibility index (Phi) is 3.55. The van der Waals surface area contributed by atoms with Crippen molar-refractivity contribution >= 4 is 5.97 Å². The van der Waals surface area contributed by atoms with Crippen molar-refractivity contribution in [2.24, 2.45) is 17.3 Å². The molecule has 0 spiro atoms. The minimum absolute atomic E-state index is 0.0105. The van der Waals surface area contributed by atoms with Crippen molar-refractivity contribution in [3.8, 4) is 11.5 Å². The minimum atomic E-state index is -0.168. The van der Waals surface area contributed by atoms with E-state index in [0.29, 0.717) is 17.8 Å². The average molecular weight is 330 g/mol. The zero-order valence-corrected chi connectivity index (χ0v) is 14.4. The van der Waals surface area contributed by atoms with Crippen molar-refractivity contribution in [3.63, 3.8) is 0 Å². The number of benzene rings is 1. The van der Waals surface area contributed by atoms with Gasteiger partial charge in [-0.1, -0.05) is 13.0 Å². The number of ether oxygens (including phenoxy) is 1. The highest BCUT2D eigenvalue weighted by Gasteiger charge is 2.56. The lowest BCUT2D eigenvalue weighted by Gasteiger charge is -2.50. The van der Waals surface area contributed by atoms with Crippen molar-refractivity contribution in [1.29, 1.82) is 0 Å². The van der Waals surface area contributed by atoms with E-state index in [1.165, 1.54) is 12.5 Å². The maximum absolute atomic E-state index is 11.5. The predicted molar refractivity (Wildman–Crippen MR) is 89.9 cm³/mol. The first-order valence-electron chi connectivity index (χ1n) is 9.12. The molecular weight excluding hydrogens is 304 g/mol. The van der Waals surface area contributed by atoms with E-state index in [4.69, 9.17) is 4.74 Å². The molecule has 0 heterocycles. The summed E-state index contributed by atoms with van der Waals surface area (Å²) in [5.41, 5.74) is 2.25. The normalized spacial score (nSPS) is 37.2. The third-order valence-electron chi connectivity index (χ3n) is 7.08. The van der Waals surface area contributed by atoms with E-state index in [1.807, 2.05) is 6.07 Å². The molecule has 0 aromatic heterocycles. The van der Waals surface area contributed by atoms with Crippen LogP contribution in [-0.2, 0) is 16.0 Å². The summed E-state index contributed by atoms with van der Waals surface area (Å²) in [5.74, 6) is 1.50. The van der Waals surface area contributed by atoms with E-state index in [1.54, 1.807) is 6.07 Å². The second-order valence-corrected chi connectivity index (χ2v) is 8.14. The number of carbonyl (C=O) groups excluding carboxylic acids is 1. The van der Waals surface area contributed by atoms with Gasteiger partial charge in [0.05, 0.1) is 0 Å². The molecule has 5 atom stereocenters. The highest BCUT2D eigenvalue weighted by Crippen LogP contribution is 2.62. The molecule has 3 aliphatic rings. The fourth-order valence-corrected chi connectivity index (χ4v) is 5.98. The Labute approximate surface area is 142 Å². The third kappa shape index (κ3) is 2.15. The second-order valence-electron chi connectivity index (χ2n) is 8.14. The van der Waals surface area contributed by atoms with Gasteiger partial charge in [-0.05, 0) is 67.9 Å². The van der Waals surface area contributed by atoms with Crippen LogP contribution in [0.15, 0.2) is 12.1 Å². The summed E-state index contributed by atoms with van der Waals surface area (Å²) < 4.78 is 5.66. The number of aromatic hydroxyl groups is 2. The van der Waals surface area contributed by atoms with Crippen LogP contribution < -0.4 is 0 Å². The lowest BCUT2D eigenvalue weighted by atomic mass is 9.55. The van der Waals surface area contributed by atoms with Gasteiger partial charge in [0.25, 0.3) is 0 Å². The quantitative estimate of drug-likeness (QED) is 0.606. The van der Waals surface area contributed by atoms with Crippen molar-refractivity contribution in [3.05, 3.63) is 23.3 Å². The van der Waals surface area contributed by atoms with Crippen LogP contribution in [-0.4, -0.2) is 22.3 Å². The number of fused-ring (bicyclic) bond motifs is 5. The van der Waals surface area contributed by atoms with Gasteiger partial charge in [-0.3, -0.25) is 4.79 Å². The van der Waals surface area contributed by atoms with Gasteiger partial charge in [-0.25, -0.2) is 0 Å². The first kappa shape index (κ1) is 15.8. The molecule has 0 amide bonds. The molecule has 2 saturated carbocycles. The summed E-state index contributed by atoms with van der Waals surface area (Å²) in [7, 11) is 0. The Bertz CT molecular complexity index is 682. The van der Waals surface area contributed by atoms with Crippen molar-refractivity contribution in [1.82, 2.24) is 0 Å². The SMILES string of the molecule is CC(=O)O[C@H]1CC[C@H]2[C@@H]3CCc4c(ccc(O)c4O)[C@H]3CC[C@]12C. The van der Waals surface area contributed by atoms with Gasteiger partial charge in [0.1, 0.15) is 6.10 Å². The van der Waals surface area contributed by atoms with E-state index >= 15 is 0 Å². The van der Waals surface area contributed by atoms with Gasteiger partial charge in [-0.15, -0.1) is 0 Å². The molecule has 1 aromatic carbocycles. The Morgan fingerprint density at radius 2 is 2.00 bits per heavy atom. The van der Waals surface area contributed by atoms with Crippen LogP contribution in [0.2, 0.25) is 0 Å². The van der Waals surface area contributed by atoms with Crippen LogP contribution in [0.3, 0.4) is 0 Å². The first-order chi connectivity index (χ1) is 11.4. The largest absolute Gasteiger partial charge is 0.504 e. The molecule has 0 unspecified atom stereocenters. The average Bonchev–Trinajstić information content (AvgIpc) is 2.87. The molecule has 4 heteroatoms. The molecule has 24 heavy (non-hydrogen) atoms. The molecule has 4 nitrogen and oxygen atoms in total. The molecule has 3 aliphatic carbocycles. The number of rotatable bonds is 1. The Morgan fingerprint density at radius 1 is 1.21 bits per heavy atom. The van der Waals surface area contributed by atoms with Crippen molar-refractivity contribution < 1.29 is 19.7 Å². The number of hydrogen-bond acceptors (Lipinski definition) is 4. The van der Waals surface area contributed by atoms with Gasteiger partial charge >= 0.3 is 5.97 Å². The number of hydrogen-bond donors (Lipinski definition) is 2. The monoisotopic (exact) mass is 330 g/mol. The van der Waals surface area contributed by atoms with Gasteiger partial charge in [-0.2, -0.15) is 0 Å². The van der Waals surface area contributed by atoms with E-state index in [2.05, 4.69) is 6.92 Å². The minimum Gasteiger partial charge on any atom is -0.504 e. The number of phenols is 2. The second kappa shape index (κ2) is 5.40.